The third-order valence-corrected chi connectivity index (χ3v) is 6.87. The predicted molar refractivity (Wildman–Crippen MR) is 160 cm³/mol. The average molecular weight is 493 g/mol. The van der Waals surface area contributed by atoms with Crippen molar-refractivity contribution in [1.82, 2.24) is 14.5 Å². The molecular weight excluding hydrogens is 452 g/mol. The topological polar surface area (TPSA) is 34.0 Å². The molecular formula is C33H40N4. The van der Waals surface area contributed by atoms with Crippen molar-refractivity contribution in [3.63, 3.8) is 0 Å². The van der Waals surface area contributed by atoms with Gasteiger partial charge in [0.2, 0.25) is 0 Å². The number of benzene rings is 1. The van der Waals surface area contributed by atoms with Gasteiger partial charge in [0.25, 0.3) is 0 Å². The Labute approximate surface area is 222 Å². The molecule has 1 unspecified atom stereocenters. The van der Waals surface area contributed by atoms with Gasteiger partial charge in [0, 0.05) is 44.0 Å². The van der Waals surface area contributed by atoms with Gasteiger partial charge in [-0.05, 0) is 50.0 Å². The van der Waals surface area contributed by atoms with Gasteiger partial charge in [0.1, 0.15) is 0 Å². The van der Waals surface area contributed by atoms with E-state index < -0.39 is 5.41 Å². The summed E-state index contributed by atoms with van der Waals surface area (Å²) in [4.78, 5) is 11.8. The van der Waals surface area contributed by atoms with Crippen LogP contribution in [0.25, 0.3) is 10.9 Å². The van der Waals surface area contributed by atoms with Crippen LogP contribution in [0.5, 0.6) is 0 Å². The van der Waals surface area contributed by atoms with Gasteiger partial charge < -0.3 is 9.47 Å². The number of aryl methyl sites for hydroxylation is 2. The molecule has 0 radical (unpaired) electrons. The first-order valence-corrected chi connectivity index (χ1v) is 12.8. The van der Waals surface area contributed by atoms with Crippen molar-refractivity contribution in [2.24, 2.45) is 7.05 Å². The van der Waals surface area contributed by atoms with E-state index in [1.54, 1.807) is 6.08 Å². The van der Waals surface area contributed by atoms with Crippen LogP contribution < -0.4 is 4.90 Å². The summed E-state index contributed by atoms with van der Waals surface area (Å²) in [6.45, 7) is 14.2. The molecule has 1 aromatic carbocycles. The maximum Gasteiger partial charge on any atom is 0.0945 e. The van der Waals surface area contributed by atoms with Crippen molar-refractivity contribution < 1.29 is 0 Å². The van der Waals surface area contributed by atoms with Crippen molar-refractivity contribution in [2.75, 3.05) is 19.0 Å². The molecule has 0 N–H and O–H groups in total. The zero-order valence-electron chi connectivity index (χ0n) is 23.2. The van der Waals surface area contributed by atoms with Crippen LogP contribution in [-0.4, -0.2) is 28.6 Å². The molecule has 0 aliphatic heterocycles. The molecule has 1 atom stereocenters. The predicted octanol–water partition coefficient (Wildman–Crippen LogP) is 7.43. The molecule has 0 fully saturated rings. The molecule has 192 valence electrons. The van der Waals surface area contributed by atoms with Gasteiger partial charge in [-0.15, -0.1) is 0 Å². The molecule has 0 saturated heterocycles. The standard InChI is InChI=1S/C33H40N4/c1-9-13-14-15-16-19-27-29(12-4)35-30-21-20-26(22-28(30)32(27)36(6)7)33(5,25(17-10-2)18-11-3)31-23-34-24-37(31)8/h9-11,13-18,20-24H,1-2,12,19H2,3-8H3/b14-13-,16-15-,18-11-,25-17+. The van der Waals surface area contributed by atoms with Gasteiger partial charge in [0.15, 0.2) is 0 Å². The zero-order chi connectivity index (χ0) is 27.0. The molecule has 0 saturated carbocycles. The van der Waals surface area contributed by atoms with Crippen LogP contribution in [0.3, 0.4) is 0 Å². The lowest BCUT2D eigenvalue weighted by atomic mass is 9.72. The Balaban J connectivity index is 2.35. The van der Waals surface area contributed by atoms with E-state index in [1.807, 2.05) is 37.7 Å². The summed E-state index contributed by atoms with van der Waals surface area (Å²) in [5, 5.41) is 1.15. The smallest absolute Gasteiger partial charge is 0.0945 e. The van der Waals surface area contributed by atoms with E-state index in [4.69, 9.17) is 4.98 Å². The lowest BCUT2D eigenvalue weighted by Gasteiger charge is -2.33. The van der Waals surface area contributed by atoms with E-state index in [9.17, 15) is 0 Å². The Morgan fingerprint density at radius 1 is 1.14 bits per heavy atom. The van der Waals surface area contributed by atoms with Crippen molar-refractivity contribution in [3.05, 3.63) is 127 Å². The summed E-state index contributed by atoms with van der Waals surface area (Å²) < 4.78 is 2.10. The van der Waals surface area contributed by atoms with E-state index in [1.165, 1.54) is 16.8 Å². The van der Waals surface area contributed by atoms with Crippen molar-refractivity contribution in [3.8, 4) is 0 Å². The first-order chi connectivity index (χ1) is 17.8. The second-order valence-corrected chi connectivity index (χ2v) is 9.49. The molecule has 3 rings (SSSR count). The number of hydrogen-bond donors (Lipinski definition) is 0. The van der Waals surface area contributed by atoms with Gasteiger partial charge in [-0.25, -0.2) is 4.98 Å². The number of hydrogen-bond acceptors (Lipinski definition) is 3. The molecule has 2 aromatic heterocycles. The van der Waals surface area contributed by atoms with E-state index in [0.29, 0.717) is 0 Å². The number of imidazole rings is 1. The molecule has 0 aliphatic rings. The summed E-state index contributed by atoms with van der Waals surface area (Å²) in [6.07, 6.45) is 23.7. The largest absolute Gasteiger partial charge is 0.377 e. The van der Waals surface area contributed by atoms with Crippen LogP contribution in [-0.2, 0) is 25.3 Å². The molecule has 37 heavy (non-hydrogen) atoms. The van der Waals surface area contributed by atoms with Crippen LogP contribution >= 0.6 is 0 Å². The summed E-state index contributed by atoms with van der Waals surface area (Å²) >= 11 is 0. The molecule has 0 spiro atoms. The Hall–Kier alpha value is -3.92. The quantitative estimate of drug-likeness (QED) is 0.261. The summed E-state index contributed by atoms with van der Waals surface area (Å²) in [5.41, 5.74) is 7.62. The molecule has 3 aromatic rings. The first-order valence-electron chi connectivity index (χ1n) is 12.8. The number of nitrogens with zero attached hydrogens (tertiary/aromatic N) is 4. The zero-order valence-corrected chi connectivity index (χ0v) is 23.2. The Bertz CT molecular complexity index is 1380. The maximum absolute atomic E-state index is 5.12. The van der Waals surface area contributed by atoms with Gasteiger partial charge in [-0.3, -0.25) is 4.98 Å². The first kappa shape index (κ1) is 27.7. The molecule has 0 aliphatic carbocycles. The second kappa shape index (κ2) is 12.4. The van der Waals surface area contributed by atoms with Crippen LogP contribution in [0, 0.1) is 0 Å². The number of pyridine rings is 1. The monoisotopic (exact) mass is 492 g/mol. The average Bonchev–Trinajstić information content (AvgIpc) is 3.33. The Morgan fingerprint density at radius 3 is 2.51 bits per heavy atom. The van der Waals surface area contributed by atoms with Crippen LogP contribution in [0.15, 0.2) is 104 Å². The van der Waals surface area contributed by atoms with E-state index in [-0.39, 0.29) is 0 Å². The van der Waals surface area contributed by atoms with E-state index >= 15 is 0 Å². The highest BCUT2D eigenvalue weighted by molar-refractivity contribution is 5.95. The molecule has 4 nitrogen and oxygen atoms in total. The third kappa shape index (κ3) is 5.59. The van der Waals surface area contributed by atoms with Crippen molar-refractivity contribution in [2.45, 2.75) is 39.0 Å². The highest BCUT2D eigenvalue weighted by Crippen LogP contribution is 2.42. The van der Waals surface area contributed by atoms with E-state index in [0.717, 1.165) is 40.7 Å². The van der Waals surface area contributed by atoms with Crippen LogP contribution in [0.4, 0.5) is 5.69 Å². The number of anilines is 1. The van der Waals surface area contributed by atoms with E-state index in [2.05, 4.69) is 111 Å². The summed E-state index contributed by atoms with van der Waals surface area (Å²) in [6, 6.07) is 6.69. The van der Waals surface area contributed by atoms with Gasteiger partial charge in [-0.2, -0.15) is 0 Å². The van der Waals surface area contributed by atoms with Crippen molar-refractivity contribution in [1.29, 1.82) is 0 Å². The number of allylic oxidation sites excluding steroid dienone is 10. The maximum atomic E-state index is 5.12. The highest BCUT2D eigenvalue weighted by atomic mass is 15.1. The fraction of sp³-hybridized carbons (Fsp3) is 0.273. The number of aromatic nitrogens is 3. The summed E-state index contributed by atoms with van der Waals surface area (Å²) in [5.74, 6) is 0. The minimum absolute atomic E-state index is 0.442. The van der Waals surface area contributed by atoms with Crippen LogP contribution in [0.2, 0.25) is 0 Å². The minimum Gasteiger partial charge on any atom is -0.377 e. The molecule has 4 heteroatoms. The van der Waals surface area contributed by atoms with Crippen molar-refractivity contribution >= 4 is 16.6 Å². The second-order valence-electron chi connectivity index (χ2n) is 9.49. The SMILES string of the molecule is C=C/C=C\C=C/Cc1c(CC)nc2ccc(C(C)(C(/C=C\C)=C/C=C)c3cncn3C)cc2c1N(C)C. The Morgan fingerprint density at radius 2 is 1.92 bits per heavy atom. The molecule has 0 amide bonds. The van der Waals surface area contributed by atoms with Gasteiger partial charge in [-0.1, -0.05) is 80.8 Å². The third-order valence-electron chi connectivity index (χ3n) is 6.87. The van der Waals surface area contributed by atoms with Gasteiger partial charge >= 0.3 is 0 Å². The lowest BCUT2D eigenvalue weighted by Crippen LogP contribution is -2.28. The number of fused-ring (bicyclic) bond motifs is 1. The fourth-order valence-corrected chi connectivity index (χ4v) is 5.07. The molecule has 2 heterocycles. The Kier molecular flexibility index (Phi) is 9.24. The lowest BCUT2D eigenvalue weighted by molar-refractivity contribution is 0.625. The number of rotatable bonds is 11. The fourth-order valence-electron chi connectivity index (χ4n) is 5.07. The highest BCUT2D eigenvalue weighted by Gasteiger charge is 2.35. The van der Waals surface area contributed by atoms with Crippen LogP contribution in [0.1, 0.15) is 43.3 Å². The minimum atomic E-state index is -0.442. The van der Waals surface area contributed by atoms with Gasteiger partial charge in [0.05, 0.1) is 28.6 Å². The molecule has 0 bridgehead atoms. The summed E-state index contributed by atoms with van der Waals surface area (Å²) in [7, 11) is 6.29. The normalized spacial score (nSPS) is 14.2.